The molecule has 0 bridgehead atoms. The molecule has 23 heavy (non-hydrogen) atoms. The Morgan fingerprint density at radius 1 is 1.26 bits per heavy atom. The first-order chi connectivity index (χ1) is 11.0. The third kappa shape index (κ3) is 4.96. The standard InChI is InChI=1S/C16H13BrCl2N2O2/c1-2-23-15-6-4-12(17)7-11(15)9-20-21-16(22)10-3-5-13(18)14(19)8-10/h3-9H,2H2,1H3,(H,21,22)/b20-9-. The first-order valence-electron chi connectivity index (χ1n) is 6.72. The number of carbonyl (C=O) groups is 1. The summed E-state index contributed by atoms with van der Waals surface area (Å²) in [7, 11) is 0. The van der Waals surface area contributed by atoms with Crippen LogP contribution in [0, 0.1) is 0 Å². The second-order valence-electron chi connectivity index (χ2n) is 4.44. The number of halogens is 3. The van der Waals surface area contributed by atoms with Crippen LogP contribution < -0.4 is 10.2 Å². The van der Waals surface area contributed by atoms with Gasteiger partial charge in [-0.05, 0) is 43.3 Å². The van der Waals surface area contributed by atoms with Gasteiger partial charge in [0.2, 0.25) is 0 Å². The lowest BCUT2D eigenvalue weighted by atomic mass is 10.2. The van der Waals surface area contributed by atoms with Crippen LogP contribution in [0.1, 0.15) is 22.8 Å². The SMILES string of the molecule is CCOc1ccc(Br)cc1/C=N\NC(=O)c1ccc(Cl)c(Cl)c1. The van der Waals surface area contributed by atoms with E-state index in [2.05, 4.69) is 26.5 Å². The van der Waals surface area contributed by atoms with Crippen molar-refractivity contribution in [3.05, 3.63) is 62.0 Å². The second-order valence-corrected chi connectivity index (χ2v) is 6.17. The van der Waals surface area contributed by atoms with Gasteiger partial charge >= 0.3 is 0 Å². The molecule has 2 aromatic carbocycles. The zero-order valence-electron chi connectivity index (χ0n) is 12.1. The molecule has 0 aromatic heterocycles. The Bertz CT molecular complexity index is 751. The molecule has 1 N–H and O–H groups in total. The Labute approximate surface area is 152 Å². The maximum absolute atomic E-state index is 12.0. The number of carbonyl (C=O) groups excluding carboxylic acids is 1. The molecule has 0 radical (unpaired) electrons. The largest absolute Gasteiger partial charge is 0.493 e. The van der Waals surface area contributed by atoms with Gasteiger partial charge in [-0.1, -0.05) is 39.1 Å². The summed E-state index contributed by atoms with van der Waals surface area (Å²) in [6, 6.07) is 10.2. The van der Waals surface area contributed by atoms with Gasteiger partial charge in [-0.15, -0.1) is 0 Å². The highest BCUT2D eigenvalue weighted by Gasteiger charge is 2.07. The molecule has 0 saturated heterocycles. The van der Waals surface area contributed by atoms with E-state index in [0.29, 0.717) is 28.0 Å². The van der Waals surface area contributed by atoms with E-state index >= 15 is 0 Å². The molecule has 0 spiro atoms. The van der Waals surface area contributed by atoms with E-state index in [1.807, 2.05) is 25.1 Å². The highest BCUT2D eigenvalue weighted by molar-refractivity contribution is 9.10. The van der Waals surface area contributed by atoms with Crippen molar-refractivity contribution in [1.82, 2.24) is 5.43 Å². The Balaban J connectivity index is 2.10. The van der Waals surface area contributed by atoms with E-state index in [-0.39, 0.29) is 5.91 Å². The molecular formula is C16H13BrCl2N2O2. The van der Waals surface area contributed by atoms with E-state index in [4.69, 9.17) is 27.9 Å². The van der Waals surface area contributed by atoms with Crippen molar-refractivity contribution in [3.8, 4) is 5.75 Å². The highest BCUT2D eigenvalue weighted by atomic mass is 79.9. The van der Waals surface area contributed by atoms with Crippen molar-refractivity contribution in [2.45, 2.75) is 6.92 Å². The number of benzene rings is 2. The molecule has 0 heterocycles. The highest BCUT2D eigenvalue weighted by Crippen LogP contribution is 2.23. The first-order valence-corrected chi connectivity index (χ1v) is 8.27. The molecule has 2 rings (SSSR count). The van der Waals surface area contributed by atoms with Crippen LogP contribution >= 0.6 is 39.1 Å². The van der Waals surface area contributed by atoms with Gasteiger partial charge in [0.1, 0.15) is 5.75 Å². The summed E-state index contributed by atoms with van der Waals surface area (Å²) < 4.78 is 6.39. The first kappa shape index (κ1) is 17.8. The summed E-state index contributed by atoms with van der Waals surface area (Å²) >= 11 is 15.1. The molecule has 2 aromatic rings. The number of hydrazone groups is 1. The third-order valence-electron chi connectivity index (χ3n) is 2.82. The van der Waals surface area contributed by atoms with Crippen LogP contribution in [0.5, 0.6) is 5.75 Å². The molecule has 0 unspecified atom stereocenters. The minimum Gasteiger partial charge on any atom is -0.493 e. The smallest absolute Gasteiger partial charge is 0.271 e. The number of nitrogens with zero attached hydrogens (tertiary/aromatic N) is 1. The molecule has 0 aliphatic carbocycles. The minimum atomic E-state index is -0.382. The van der Waals surface area contributed by atoms with Crippen molar-refractivity contribution >= 4 is 51.3 Å². The quantitative estimate of drug-likeness (QED) is 0.556. The van der Waals surface area contributed by atoms with Crippen LogP contribution in [0.3, 0.4) is 0 Å². The van der Waals surface area contributed by atoms with E-state index in [9.17, 15) is 4.79 Å². The Morgan fingerprint density at radius 2 is 2.04 bits per heavy atom. The van der Waals surface area contributed by atoms with Gasteiger partial charge in [-0.3, -0.25) is 4.79 Å². The topological polar surface area (TPSA) is 50.7 Å². The second kappa shape index (κ2) is 8.34. The van der Waals surface area contributed by atoms with Crippen LogP contribution in [0.2, 0.25) is 10.0 Å². The lowest BCUT2D eigenvalue weighted by Gasteiger charge is -2.07. The summed E-state index contributed by atoms with van der Waals surface area (Å²) in [5.41, 5.74) is 3.56. The number of hydrogen-bond acceptors (Lipinski definition) is 3. The molecule has 7 heteroatoms. The summed E-state index contributed by atoms with van der Waals surface area (Å²) in [5.74, 6) is 0.302. The van der Waals surface area contributed by atoms with Crippen molar-refractivity contribution in [1.29, 1.82) is 0 Å². The molecule has 0 aliphatic rings. The molecule has 0 aliphatic heterocycles. The minimum absolute atomic E-state index is 0.314. The zero-order chi connectivity index (χ0) is 16.8. The van der Waals surface area contributed by atoms with Crippen LogP contribution in [0.4, 0.5) is 0 Å². The average molecular weight is 416 g/mol. The summed E-state index contributed by atoms with van der Waals surface area (Å²) in [4.78, 5) is 12.0. The summed E-state index contributed by atoms with van der Waals surface area (Å²) in [5, 5.41) is 4.66. The lowest BCUT2D eigenvalue weighted by molar-refractivity contribution is 0.0955. The van der Waals surface area contributed by atoms with Gasteiger partial charge in [-0.25, -0.2) is 5.43 Å². The normalized spacial score (nSPS) is 10.8. The summed E-state index contributed by atoms with van der Waals surface area (Å²) in [6.07, 6.45) is 1.52. The van der Waals surface area contributed by atoms with Crippen molar-refractivity contribution in [2.75, 3.05) is 6.61 Å². The molecule has 0 fully saturated rings. The Hall–Kier alpha value is -1.56. The zero-order valence-corrected chi connectivity index (χ0v) is 15.2. The molecule has 1 amide bonds. The van der Waals surface area contributed by atoms with Gasteiger partial charge in [0.05, 0.1) is 22.9 Å². The van der Waals surface area contributed by atoms with Gasteiger partial charge in [0, 0.05) is 15.6 Å². The number of ether oxygens (including phenoxy) is 1. The van der Waals surface area contributed by atoms with Gasteiger partial charge in [-0.2, -0.15) is 5.10 Å². The van der Waals surface area contributed by atoms with Crippen molar-refractivity contribution < 1.29 is 9.53 Å². The molecule has 120 valence electrons. The number of nitrogens with one attached hydrogen (secondary N) is 1. The van der Waals surface area contributed by atoms with Crippen LogP contribution in [-0.4, -0.2) is 18.7 Å². The average Bonchev–Trinajstić information content (AvgIpc) is 2.52. The molecule has 0 atom stereocenters. The van der Waals surface area contributed by atoms with E-state index in [1.165, 1.54) is 12.3 Å². The fraction of sp³-hybridized carbons (Fsp3) is 0.125. The molecule has 4 nitrogen and oxygen atoms in total. The van der Waals surface area contributed by atoms with Gasteiger partial charge < -0.3 is 4.74 Å². The predicted octanol–water partition coefficient (Wildman–Crippen LogP) is 4.92. The fourth-order valence-electron chi connectivity index (χ4n) is 1.77. The van der Waals surface area contributed by atoms with Crippen LogP contribution in [0.15, 0.2) is 46.0 Å². The molecule has 0 saturated carbocycles. The van der Waals surface area contributed by atoms with E-state index in [1.54, 1.807) is 12.1 Å². The van der Waals surface area contributed by atoms with Crippen LogP contribution in [-0.2, 0) is 0 Å². The maximum atomic E-state index is 12.0. The third-order valence-corrected chi connectivity index (χ3v) is 4.06. The van der Waals surface area contributed by atoms with Gasteiger partial charge in [0.15, 0.2) is 0 Å². The van der Waals surface area contributed by atoms with Gasteiger partial charge in [0.25, 0.3) is 5.91 Å². The summed E-state index contributed by atoms with van der Waals surface area (Å²) in [6.45, 7) is 2.44. The predicted molar refractivity (Wildman–Crippen MR) is 96.8 cm³/mol. The lowest BCUT2D eigenvalue weighted by Crippen LogP contribution is -2.17. The van der Waals surface area contributed by atoms with E-state index < -0.39 is 0 Å². The number of hydrogen-bond donors (Lipinski definition) is 1. The van der Waals surface area contributed by atoms with E-state index in [0.717, 1.165) is 10.0 Å². The number of amides is 1. The van der Waals surface area contributed by atoms with Crippen LogP contribution in [0.25, 0.3) is 0 Å². The Kier molecular flexibility index (Phi) is 6.45. The Morgan fingerprint density at radius 3 is 2.74 bits per heavy atom. The maximum Gasteiger partial charge on any atom is 0.271 e. The molecular weight excluding hydrogens is 403 g/mol. The van der Waals surface area contributed by atoms with Crippen molar-refractivity contribution in [3.63, 3.8) is 0 Å². The van der Waals surface area contributed by atoms with Crippen molar-refractivity contribution in [2.24, 2.45) is 5.10 Å². The fourth-order valence-corrected chi connectivity index (χ4v) is 2.45. The monoisotopic (exact) mass is 414 g/mol. The number of rotatable bonds is 5.